The normalized spacial score (nSPS) is 10.9. The maximum atomic E-state index is 12.2. The summed E-state index contributed by atoms with van der Waals surface area (Å²) in [5.41, 5.74) is -0.00480. The number of anilines is 1. The summed E-state index contributed by atoms with van der Waals surface area (Å²) >= 11 is 0. The molecule has 23 heavy (non-hydrogen) atoms. The maximum Gasteiger partial charge on any atom is 0.405 e. The molecule has 2 rings (SSSR count). The van der Waals surface area contributed by atoms with Gasteiger partial charge in [-0.3, -0.25) is 14.6 Å². The predicted octanol–water partition coefficient (Wildman–Crippen LogP) is 2.02. The topological polar surface area (TPSA) is 84.0 Å². The van der Waals surface area contributed by atoms with E-state index in [4.69, 9.17) is 0 Å². The van der Waals surface area contributed by atoms with Crippen LogP contribution in [-0.4, -0.2) is 34.5 Å². The summed E-state index contributed by atoms with van der Waals surface area (Å²) < 4.78 is 36.5. The minimum Gasteiger partial charge on any atom is -0.343 e. The van der Waals surface area contributed by atoms with E-state index in [0.717, 1.165) is 0 Å². The van der Waals surface area contributed by atoms with Crippen molar-refractivity contribution in [3.8, 4) is 0 Å². The summed E-state index contributed by atoms with van der Waals surface area (Å²) in [6.45, 7) is -1.46. The SMILES string of the molecule is O=C(Nc1ccccc1C(=O)NCC(F)(F)F)c1cnccn1. The number of halogens is 3. The Morgan fingerprint density at radius 2 is 1.83 bits per heavy atom. The van der Waals surface area contributed by atoms with Gasteiger partial charge < -0.3 is 10.6 Å². The van der Waals surface area contributed by atoms with Gasteiger partial charge in [-0.25, -0.2) is 4.98 Å². The number of hydrogen-bond acceptors (Lipinski definition) is 4. The van der Waals surface area contributed by atoms with Crippen molar-refractivity contribution in [2.45, 2.75) is 6.18 Å². The fourth-order valence-corrected chi connectivity index (χ4v) is 1.67. The molecule has 0 aliphatic rings. The number of amides is 2. The zero-order valence-corrected chi connectivity index (χ0v) is 11.6. The second-order valence-corrected chi connectivity index (χ2v) is 4.39. The standard InChI is InChI=1S/C14H11F3N4O2/c15-14(16,17)8-20-12(22)9-3-1-2-4-10(9)21-13(23)11-7-18-5-6-19-11/h1-7H,8H2,(H,20,22)(H,21,23). The Morgan fingerprint density at radius 1 is 1.09 bits per heavy atom. The molecule has 1 aromatic carbocycles. The molecule has 120 valence electrons. The molecule has 0 fully saturated rings. The molecular formula is C14H11F3N4O2. The number of para-hydroxylation sites is 1. The summed E-state index contributed by atoms with van der Waals surface area (Å²) in [5.74, 6) is -1.58. The lowest BCUT2D eigenvalue weighted by atomic mass is 10.1. The highest BCUT2D eigenvalue weighted by Gasteiger charge is 2.28. The Labute approximate surface area is 128 Å². The van der Waals surface area contributed by atoms with Crippen LogP contribution in [0.1, 0.15) is 20.8 Å². The van der Waals surface area contributed by atoms with Crippen molar-refractivity contribution in [2.75, 3.05) is 11.9 Å². The van der Waals surface area contributed by atoms with Gasteiger partial charge in [0.05, 0.1) is 17.4 Å². The van der Waals surface area contributed by atoms with Crippen molar-refractivity contribution in [3.63, 3.8) is 0 Å². The third-order valence-corrected chi connectivity index (χ3v) is 2.67. The number of alkyl halides is 3. The van der Waals surface area contributed by atoms with Gasteiger partial charge in [0.25, 0.3) is 11.8 Å². The van der Waals surface area contributed by atoms with Crippen LogP contribution in [0.4, 0.5) is 18.9 Å². The summed E-state index contributed by atoms with van der Waals surface area (Å²) in [7, 11) is 0. The summed E-state index contributed by atoms with van der Waals surface area (Å²) in [5, 5.41) is 4.17. The number of rotatable bonds is 4. The largest absolute Gasteiger partial charge is 0.405 e. The van der Waals surface area contributed by atoms with Gasteiger partial charge in [0.2, 0.25) is 0 Å². The molecule has 0 saturated heterocycles. The van der Waals surface area contributed by atoms with Gasteiger partial charge in [-0.1, -0.05) is 12.1 Å². The Kier molecular flexibility index (Phi) is 4.89. The van der Waals surface area contributed by atoms with Crippen molar-refractivity contribution >= 4 is 17.5 Å². The number of nitrogens with one attached hydrogen (secondary N) is 2. The van der Waals surface area contributed by atoms with E-state index in [0.29, 0.717) is 0 Å². The Bertz CT molecular complexity index is 705. The Balaban J connectivity index is 2.14. The van der Waals surface area contributed by atoms with Crippen LogP contribution in [-0.2, 0) is 0 Å². The molecule has 0 atom stereocenters. The predicted molar refractivity (Wildman–Crippen MR) is 74.8 cm³/mol. The summed E-state index contributed by atoms with van der Waals surface area (Å²) in [4.78, 5) is 31.3. The Hall–Kier alpha value is -2.97. The van der Waals surface area contributed by atoms with Crippen molar-refractivity contribution < 1.29 is 22.8 Å². The van der Waals surface area contributed by atoms with Crippen LogP contribution in [0.5, 0.6) is 0 Å². The van der Waals surface area contributed by atoms with E-state index >= 15 is 0 Å². The van der Waals surface area contributed by atoms with Crippen molar-refractivity contribution in [1.29, 1.82) is 0 Å². The quantitative estimate of drug-likeness (QED) is 0.901. The van der Waals surface area contributed by atoms with Crippen LogP contribution in [0.25, 0.3) is 0 Å². The van der Waals surface area contributed by atoms with E-state index in [1.54, 1.807) is 5.32 Å². The highest BCUT2D eigenvalue weighted by atomic mass is 19.4. The number of carbonyl (C=O) groups excluding carboxylic acids is 2. The van der Waals surface area contributed by atoms with Gasteiger partial charge in [-0.15, -0.1) is 0 Å². The number of carbonyl (C=O) groups is 2. The summed E-state index contributed by atoms with van der Waals surface area (Å²) in [6, 6.07) is 5.71. The van der Waals surface area contributed by atoms with E-state index in [9.17, 15) is 22.8 Å². The zero-order chi connectivity index (χ0) is 16.9. The first kappa shape index (κ1) is 16.4. The van der Waals surface area contributed by atoms with Crippen molar-refractivity contribution in [3.05, 3.63) is 54.1 Å². The first-order chi connectivity index (χ1) is 10.9. The molecule has 1 heterocycles. The zero-order valence-electron chi connectivity index (χ0n) is 11.6. The third-order valence-electron chi connectivity index (χ3n) is 2.67. The van der Waals surface area contributed by atoms with E-state index in [-0.39, 0.29) is 16.9 Å². The molecule has 0 radical (unpaired) electrons. The molecule has 0 unspecified atom stereocenters. The smallest absolute Gasteiger partial charge is 0.343 e. The molecule has 1 aromatic heterocycles. The van der Waals surface area contributed by atoms with Gasteiger partial charge in [0.15, 0.2) is 0 Å². The van der Waals surface area contributed by atoms with Crippen LogP contribution < -0.4 is 10.6 Å². The van der Waals surface area contributed by atoms with Gasteiger partial charge in [-0.2, -0.15) is 13.2 Å². The second-order valence-electron chi connectivity index (χ2n) is 4.39. The minimum atomic E-state index is -4.52. The first-order valence-corrected chi connectivity index (χ1v) is 6.38. The average molecular weight is 324 g/mol. The van der Waals surface area contributed by atoms with Gasteiger partial charge in [0.1, 0.15) is 12.2 Å². The fraction of sp³-hybridized carbons (Fsp3) is 0.143. The molecule has 9 heteroatoms. The number of hydrogen-bond donors (Lipinski definition) is 2. The fourth-order valence-electron chi connectivity index (χ4n) is 1.67. The highest BCUT2D eigenvalue weighted by molar-refractivity contribution is 6.08. The first-order valence-electron chi connectivity index (χ1n) is 6.38. The van der Waals surface area contributed by atoms with Gasteiger partial charge in [0, 0.05) is 12.4 Å². The van der Waals surface area contributed by atoms with E-state index in [1.165, 1.54) is 42.9 Å². The third kappa shape index (κ3) is 4.77. The average Bonchev–Trinajstić information content (AvgIpc) is 2.53. The minimum absolute atomic E-state index is 0.0120. The van der Waals surface area contributed by atoms with Crippen molar-refractivity contribution in [2.24, 2.45) is 0 Å². The molecule has 2 N–H and O–H groups in total. The molecule has 6 nitrogen and oxygen atoms in total. The molecule has 2 amide bonds. The molecule has 0 aliphatic carbocycles. The number of nitrogens with zero attached hydrogens (tertiary/aromatic N) is 2. The summed E-state index contributed by atoms with van der Waals surface area (Å²) in [6.07, 6.45) is -0.596. The lowest BCUT2D eigenvalue weighted by molar-refractivity contribution is -0.123. The molecule has 0 saturated carbocycles. The van der Waals surface area contributed by atoms with Crippen LogP contribution in [0.3, 0.4) is 0 Å². The van der Waals surface area contributed by atoms with Crippen LogP contribution >= 0.6 is 0 Å². The number of benzene rings is 1. The van der Waals surface area contributed by atoms with Crippen molar-refractivity contribution in [1.82, 2.24) is 15.3 Å². The van der Waals surface area contributed by atoms with E-state index < -0.39 is 24.5 Å². The van der Waals surface area contributed by atoms with E-state index in [1.807, 2.05) is 0 Å². The van der Waals surface area contributed by atoms with Crippen LogP contribution in [0.2, 0.25) is 0 Å². The molecule has 2 aromatic rings. The lowest BCUT2D eigenvalue weighted by Gasteiger charge is -2.12. The maximum absolute atomic E-state index is 12.2. The monoisotopic (exact) mass is 324 g/mol. The molecule has 0 spiro atoms. The van der Waals surface area contributed by atoms with Gasteiger partial charge in [-0.05, 0) is 12.1 Å². The van der Waals surface area contributed by atoms with Gasteiger partial charge >= 0.3 is 6.18 Å². The van der Waals surface area contributed by atoms with E-state index in [2.05, 4.69) is 15.3 Å². The highest BCUT2D eigenvalue weighted by Crippen LogP contribution is 2.17. The second kappa shape index (κ2) is 6.86. The Morgan fingerprint density at radius 3 is 2.48 bits per heavy atom. The van der Waals surface area contributed by atoms with Crippen LogP contribution in [0, 0.1) is 0 Å². The lowest BCUT2D eigenvalue weighted by Crippen LogP contribution is -2.34. The van der Waals surface area contributed by atoms with Crippen LogP contribution in [0.15, 0.2) is 42.9 Å². The molecule has 0 aliphatic heterocycles. The molecule has 0 bridgehead atoms. The molecular weight excluding hydrogens is 313 g/mol. The number of aromatic nitrogens is 2.